The van der Waals surface area contributed by atoms with Gasteiger partial charge in [0.15, 0.2) is 0 Å². The molecule has 0 aromatic carbocycles. The molecule has 2 nitrogen and oxygen atoms in total. The lowest BCUT2D eigenvalue weighted by molar-refractivity contribution is 0.0267. The minimum Gasteiger partial charge on any atom is -0.371 e. The average Bonchev–Trinajstić information content (AvgIpc) is 2.61. The molecule has 0 amide bonds. The quantitative estimate of drug-likeness (QED) is 0.840. The number of thiophene rings is 1. The van der Waals surface area contributed by atoms with Crippen molar-refractivity contribution >= 4 is 11.3 Å². The van der Waals surface area contributed by atoms with Crippen LogP contribution in [0, 0.1) is 12.8 Å². The number of ether oxygens (including phenoxy) is 1. The Morgan fingerprint density at radius 3 is 2.71 bits per heavy atom. The molecule has 0 aliphatic heterocycles. The summed E-state index contributed by atoms with van der Waals surface area (Å²) < 4.78 is 5.99. The van der Waals surface area contributed by atoms with Crippen LogP contribution in [-0.2, 0) is 4.74 Å². The molecule has 0 spiro atoms. The van der Waals surface area contributed by atoms with E-state index in [0.717, 1.165) is 12.5 Å². The fourth-order valence-corrected chi connectivity index (χ4v) is 3.29. The second-order valence-corrected chi connectivity index (χ2v) is 6.50. The molecule has 1 aromatic heterocycles. The van der Waals surface area contributed by atoms with Crippen molar-refractivity contribution in [1.82, 2.24) is 0 Å². The predicted molar refractivity (Wildman–Crippen MR) is 73.4 cm³/mol. The van der Waals surface area contributed by atoms with E-state index in [-0.39, 0.29) is 12.1 Å². The molecule has 1 aliphatic rings. The van der Waals surface area contributed by atoms with E-state index in [1.807, 2.05) is 6.92 Å². The number of hydrogen-bond acceptors (Lipinski definition) is 3. The van der Waals surface area contributed by atoms with Crippen LogP contribution in [0.1, 0.15) is 48.5 Å². The molecule has 1 saturated carbocycles. The molecule has 0 bridgehead atoms. The maximum Gasteiger partial charge on any atom is 0.106 e. The first-order chi connectivity index (χ1) is 8.16. The standard InChI is InChI=1S/C14H23NOS/c1-10-6-7-13(17-10)14(11(2)15)16-9-8-12-4-3-5-12/h6-7,11-12,14H,3-5,8-9,15H2,1-2H3. The van der Waals surface area contributed by atoms with Gasteiger partial charge in [0, 0.05) is 22.4 Å². The van der Waals surface area contributed by atoms with Crippen LogP contribution in [0.15, 0.2) is 12.1 Å². The minimum absolute atomic E-state index is 0.0643. The van der Waals surface area contributed by atoms with E-state index in [9.17, 15) is 0 Å². The van der Waals surface area contributed by atoms with E-state index in [4.69, 9.17) is 10.5 Å². The van der Waals surface area contributed by atoms with Crippen LogP contribution in [0.2, 0.25) is 0 Å². The topological polar surface area (TPSA) is 35.2 Å². The maximum atomic E-state index is 6.02. The van der Waals surface area contributed by atoms with Crippen LogP contribution in [0.4, 0.5) is 0 Å². The van der Waals surface area contributed by atoms with Gasteiger partial charge in [-0.05, 0) is 38.3 Å². The molecular formula is C14H23NOS. The lowest BCUT2D eigenvalue weighted by atomic mass is 9.83. The normalized spacial score (nSPS) is 19.9. The Balaban J connectivity index is 1.84. The lowest BCUT2D eigenvalue weighted by Gasteiger charge is -2.27. The molecule has 2 unspecified atom stereocenters. The van der Waals surface area contributed by atoms with Gasteiger partial charge in [-0.15, -0.1) is 11.3 Å². The van der Waals surface area contributed by atoms with Crippen molar-refractivity contribution < 1.29 is 4.74 Å². The van der Waals surface area contributed by atoms with Crippen molar-refractivity contribution in [3.05, 3.63) is 21.9 Å². The van der Waals surface area contributed by atoms with Crippen molar-refractivity contribution in [1.29, 1.82) is 0 Å². The van der Waals surface area contributed by atoms with E-state index < -0.39 is 0 Å². The summed E-state index contributed by atoms with van der Waals surface area (Å²) in [6, 6.07) is 4.36. The minimum atomic E-state index is 0.0643. The zero-order valence-electron chi connectivity index (χ0n) is 10.8. The molecular weight excluding hydrogens is 230 g/mol. The molecule has 2 atom stereocenters. The zero-order chi connectivity index (χ0) is 12.3. The van der Waals surface area contributed by atoms with Crippen molar-refractivity contribution in [3.8, 4) is 0 Å². The van der Waals surface area contributed by atoms with Crippen molar-refractivity contribution in [2.75, 3.05) is 6.61 Å². The van der Waals surface area contributed by atoms with Gasteiger partial charge in [0.05, 0.1) is 0 Å². The van der Waals surface area contributed by atoms with Crippen LogP contribution in [0.5, 0.6) is 0 Å². The van der Waals surface area contributed by atoms with Gasteiger partial charge in [0.2, 0.25) is 0 Å². The molecule has 96 valence electrons. The summed E-state index contributed by atoms with van der Waals surface area (Å²) >= 11 is 1.80. The van der Waals surface area contributed by atoms with Gasteiger partial charge < -0.3 is 10.5 Å². The van der Waals surface area contributed by atoms with Crippen molar-refractivity contribution in [2.24, 2.45) is 11.7 Å². The molecule has 1 aliphatic carbocycles. The Kier molecular flexibility index (Phi) is 4.60. The smallest absolute Gasteiger partial charge is 0.106 e. The van der Waals surface area contributed by atoms with Crippen molar-refractivity contribution in [2.45, 2.75) is 51.7 Å². The van der Waals surface area contributed by atoms with Crippen LogP contribution >= 0.6 is 11.3 Å². The van der Waals surface area contributed by atoms with E-state index in [0.29, 0.717) is 0 Å². The van der Waals surface area contributed by atoms with Gasteiger partial charge in [-0.2, -0.15) is 0 Å². The summed E-state index contributed by atoms with van der Waals surface area (Å²) in [6.07, 6.45) is 5.47. The van der Waals surface area contributed by atoms with Crippen LogP contribution in [-0.4, -0.2) is 12.6 Å². The summed E-state index contributed by atoms with van der Waals surface area (Å²) in [6.45, 7) is 5.01. The molecule has 2 N–H and O–H groups in total. The molecule has 2 rings (SSSR count). The Morgan fingerprint density at radius 2 is 2.24 bits per heavy atom. The highest BCUT2D eigenvalue weighted by Crippen LogP contribution is 2.31. The molecule has 1 fully saturated rings. The summed E-state index contributed by atoms with van der Waals surface area (Å²) in [7, 11) is 0. The maximum absolute atomic E-state index is 6.02. The molecule has 1 heterocycles. The third-order valence-corrected chi connectivity index (χ3v) is 4.63. The number of nitrogens with two attached hydrogens (primary N) is 1. The first kappa shape index (κ1) is 13.1. The van der Waals surface area contributed by atoms with E-state index >= 15 is 0 Å². The van der Waals surface area contributed by atoms with Gasteiger partial charge in [-0.3, -0.25) is 0 Å². The number of rotatable bonds is 6. The van der Waals surface area contributed by atoms with Crippen LogP contribution in [0.3, 0.4) is 0 Å². The lowest BCUT2D eigenvalue weighted by Crippen LogP contribution is -2.27. The fraction of sp³-hybridized carbons (Fsp3) is 0.714. The SMILES string of the molecule is Cc1ccc(C(OCCC2CCC2)C(C)N)s1. The summed E-state index contributed by atoms with van der Waals surface area (Å²) in [5.74, 6) is 0.911. The van der Waals surface area contributed by atoms with Crippen LogP contribution in [0.25, 0.3) is 0 Å². The zero-order valence-corrected chi connectivity index (χ0v) is 11.6. The van der Waals surface area contributed by atoms with E-state index in [2.05, 4.69) is 19.1 Å². The highest BCUT2D eigenvalue weighted by atomic mass is 32.1. The average molecular weight is 253 g/mol. The number of hydrogen-bond donors (Lipinski definition) is 1. The fourth-order valence-electron chi connectivity index (χ4n) is 2.24. The molecule has 17 heavy (non-hydrogen) atoms. The predicted octanol–water partition coefficient (Wildman–Crippen LogP) is 3.65. The first-order valence-electron chi connectivity index (χ1n) is 6.60. The highest BCUT2D eigenvalue weighted by Gasteiger charge is 2.21. The Bertz CT molecular complexity index is 344. The van der Waals surface area contributed by atoms with Gasteiger partial charge in [0.1, 0.15) is 6.10 Å². The molecule has 0 radical (unpaired) electrons. The van der Waals surface area contributed by atoms with Gasteiger partial charge in [0.25, 0.3) is 0 Å². The highest BCUT2D eigenvalue weighted by molar-refractivity contribution is 7.12. The molecule has 0 saturated heterocycles. The third-order valence-electron chi connectivity index (χ3n) is 3.57. The monoisotopic (exact) mass is 253 g/mol. The number of aryl methyl sites for hydroxylation is 1. The summed E-state index contributed by atoms with van der Waals surface area (Å²) in [5.41, 5.74) is 6.02. The Morgan fingerprint density at radius 1 is 1.47 bits per heavy atom. The Hall–Kier alpha value is -0.380. The van der Waals surface area contributed by atoms with Crippen molar-refractivity contribution in [3.63, 3.8) is 0 Å². The summed E-state index contributed by atoms with van der Waals surface area (Å²) in [4.78, 5) is 2.60. The second-order valence-electron chi connectivity index (χ2n) is 5.18. The van der Waals surface area contributed by atoms with Crippen LogP contribution < -0.4 is 5.73 Å². The molecule has 1 aromatic rings. The molecule has 3 heteroatoms. The van der Waals surface area contributed by atoms with Gasteiger partial charge >= 0.3 is 0 Å². The largest absolute Gasteiger partial charge is 0.371 e. The van der Waals surface area contributed by atoms with E-state index in [1.165, 1.54) is 35.4 Å². The Labute approximate surface area is 108 Å². The summed E-state index contributed by atoms with van der Waals surface area (Å²) in [5, 5.41) is 0. The van der Waals surface area contributed by atoms with E-state index in [1.54, 1.807) is 11.3 Å². The second kappa shape index (κ2) is 5.98. The third kappa shape index (κ3) is 3.54. The van der Waals surface area contributed by atoms with Gasteiger partial charge in [-0.25, -0.2) is 0 Å². The first-order valence-corrected chi connectivity index (χ1v) is 7.42. The van der Waals surface area contributed by atoms with Gasteiger partial charge in [-0.1, -0.05) is 19.3 Å².